The molecule has 1 amide bonds. The van der Waals surface area contributed by atoms with Crippen LogP contribution in [0.2, 0.25) is 0 Å². The van der Waals surface area contributed by atoms with E-state index in [1.165, 1.54) is 6.92 Å². The molecular weight excluding hydrogens is 302 g/mol. The van der Waals surface area contributed by atoms with Crippen LogP contribution >= 0.6 is 11.3 Å². The first-order valence-corrected chi connectivity index (χ1v) is 8.53. The minimum absolute atomic E-state index is 0.0205. The fourth-order valence-electron chi connectivity index (χ4n) is 3.70. The van der Waals surface area contributed by atoms with Gasteiger partial charge in [-0.05, 0) is 37.8 Å². The van der Waals surface area contributed by atoms with Crippen LogP contribution in [-0.4, -0.2) is 57.4 Å². The normalized spacial score (nSPS) is 24.8. The van der Waals surface area contributed by atoms with Gasteiger partial charge >= 0.3 is 5.97 Å². The summed E-state index contributed by atoms with van der Waals surface area (Å²) in [5.74, 6) is -1.01. The van der Waals surface area contributed by atoms with Crippen LogP contribution in [-0.2, 0) is 16.1 Å². The lowest BCUT2D eigenvalue weighted by atomic mass is 9.76. The Morgan fingerprint density at radius 2 is 2.18 bits per heavy atom. The van der Waals surface area contributed by atoms with Crippen molar-refractivity contribution in [2.45, 2.75) is 38.8 Å². The molecule has 120 valence electrons. The summed E-state index contributed by atoms with van der Waals surface area (Å²) in [4.78, 5) is 31.3. The summed E-state index contributed by atoms with van der Waals surface area (Å²) < 4.78 is 0. The first kappa shape index (κ1) is 15.4. The van der Waals surface area contributed by atoms with Gasteiger partial charge < -0.3 is 10.0 Å². The van der Waals surface area contributed by atoms with E-state index in [0.717, 1.165) is 38.2 Å². The minimum Gasteiger partial charge on any atom is -0.480 e. The zero-order valence-corrected chi connectivity index (χ0v) is 13.5. The molecule has 0 aromatic carbocycles. The van der Waals surface area contributed by atoms with Crippen LogP contribution in [0, 0.1) is 5.41 Å². The second-order valence-electron chi connectivity index (χ2n) is 6.46. The molecule has 1 spiro atoms. The van der Waals surface area contributed by atoms with Crippen molar-refractivity contribution in [1.29, 1.82) is 0 Å². The standard InChI is InChI=1S/C15H21N3O3S/c1-11(19)18-9-15(6-13(18)14(20)21)2-4-17(5-3-15)7-12-8-22-10-16-12/h8,10,13H,2-7,9H2,1H3,(H,20,21). The summed E-state index contributed by atoms with van der Waals surface area (Å²) in [5, 5.41) is 11.4. The molecule has 2 aliphatic rings. The predicted octanol–water partition coefficient (Wildman–Crippen LogP) is 1.43. The molecule has 3 rings (SSSR count). The highest BCUT2D eigenvalue weighted by Crippen LogP contribution is 2.43. The highest BCUT2D eigenvalue weighted by molar-refractivity contribution is 7.07. The lowest BCUT2D eigenvalue weighted by molar-refractivity contribution is -0.147. The van der Waals surface area contributed by atoms with Crippen LogP contribution < -0.4 is 0 Å². The van der Waals surface area contributed by atoms with E-state index < -0.39 is 12.0 Å². The summed E-state index contributed by atoms with van der Waals surface area (Å²) in [6, 6.07) is -0.650. The van der Waals surface area contributed by atoms with Gasteiger partial charge in [0.15, 0.2) is 0 Å². The Kier molecular flexibility index (Phi) is 4.18. The molecule has 6 nitrogen and oxygen atoms in total. The average Bonchev–Trinajstić information content (AvgIpc) is 3.10. The third-order valence-corrected chi connectivity index (χ3v) is 5.62. The number of aliphatic carboxylic acids is 1. The average molecular weight is 323 g/mol. The predicted molar refractivity (Wildman–Crippen MR) is 82.5 cm³/mol. The molecule has 22 heavy (non-hydrogen) atoms. The van der Waals surface area contributed by atoms with E-state index in [2.05, 4.69) is 15.3 Å². The lowest BCUT2D eigenvalue weighted by Gasteiger charge is -2.38. The van der Waals surface area contributed by atoms with Crippen LogP contribution in [0.5, 0.6) is 0 Å². The Bertz CT molecular complexity index is 528. The molecular formula is C15H21N3O3S. The zero-order chi connectivity index (χ0) is 15.7. The van der Waals surface area contributed by atoms with Crippen molar-refractivity contribution in [3.05, 3.63) is 16.6 Å². The number of carboxylic acid groups (broad SMARTS) is 1. The second kappa shape index (κ2) is 5.96. The van der Waals surface area contributed by atoms with Gasteiger partial charge in [-0.15, -0.1) is 11.3 Å². The first-order chi connectivity index (χ1) is 10.5. The van der Waals surface area contributed by atoms with E-state index in [-0.39, 0.29) is 11.3 Å². The number of carbonyl (C=O) groups excluding carboxylic acids is 1. The smallest absolute Gasteiger partial charge is 0.326 e. The monoisotopic (exact) mass is 323 g/mol. The molecule has 0 saturated carbocycles. The SMILES string of the molecule is CC(=O)N1CC2(CCN(Cc3cscn3)CC2)CC1C(=O)O. The van der Waals surface area contributed by atoms with Gasteiger partial charge in [-0.2, -0.15) is 0 Å². The quantitative estimate of drug-likeness (QED) is 0.911. The van der Waals surface area contributed by atoms with Crippen molar-refractivity contribution in [3.8, 4) is 0 Å². The molecule has 0 bridgehead atoms. The number of rotatable bonds is 3. The van der Waals surface area contributed by atoms with Crippen LogP contribution in [0.1, 0.15) is 31.9 Å². The van der Waals surface area contributed by atoms with Gasteiger partial charge in [0.05, 0.1) is 11.2 Å². The number of nitrogens with zero attached hydrogens (tertiary/aromatic N) is 3. The Morgan fingerprint density at radius 1 is 1.45 bits per heavy atom. The van der Waals surface area contributed by atoms with Gasteiger partial charge in [-0.1, -0.05) is 0 Å². The summed E-state index contributed by atoms with van der Waals surface area (Å²) in [5.41, 5.74) is 2.92. The number of piperidine rings is 1. The third-order valence-electron chi connectivity index (χ3n) is 4.98. The van der Waals surface area contributed by atoms with Crippen LogP contribution in [0.4, 0.5) is 0 Å². The third kappa shape index (κ3) is 3.01. The van der Waals surface area contributed by atoms with Crippen molar-refractivity contribution in [3.63, 3.8) is 0 Å². The molecule has 0 radical (unpaired) electrons. The van der Waals surface area contributed by atoms with Gasteiger partial charge in [-0.3, -0.25) is 9.69 Å². The highest BCUT2D eigenvalue weighted by Gasteiger charge is 2.48. The van der Waals surface area contributed by atoms with E-state index in [1.807, 2.05) is 5.51 Å². The maximum absolute atomic E-state index is 11.7. The van der Waals surface area contributed by atoms with Gasteiger partial charge in [0.1, 0.15) is 6.04 Å². The highest BCUT2D eigenvalue weighted by atomic mass is 32.1. The summed E-state index contributed by atoms with van der Waals surface area (Å²) in [6.45, 7) is 4.79. The lowest BCUT2D eigenvalue weighted by Crippen LogP contribution is -2.42. The van der Waals surface area contributed by atoms with Crippen LogP contribution in [0.15, 0.2) is 10.9 Å². The van der Waals surface area contributed by atoms with E-state index in [4.69, 9.17) is 0 Å². The van der Waals surface area contributed by atoms with E-state index in [9.17, 15) is 14.7 Å². The van der Waals surface area contributed by atoms with Crippen molar-refractivity contribution in [2.75, 3.05) is 19.6 Å². The fourth-order valence-corrected chi connectivity index (χ4v) is 4.25. The van der Waals surface area contributed by atoms with Gasteiger partial charge in [0.2, 0.25) is 5.91 Å². The van der Waals surface area contributed by atoms with Crippen molar-refractivity contribution in [2.24, 2.45) is 5.41 Å². The molecule has 1 atom stereocenters. The molecule has 1 aromatic heterocycles. The molecule has 0 aliphatic carbocycles. The van der Waals surface area contributed by atoms with Crippen molar-refractivity contribution >= 4 is 23.2 Å². The fraction of sp³-hybridized carbons (Fsp3) is 0.667. The number of likely N-dealkylation sites (tertiary alicyclic amines) is 2. The van der Waals surface area contributed by atoms with E-state index in [1.54, 1.807) is 16.2 Å². The molecule has 2 fully saturated rings. The largest absolute Gasteiger partial charge is 0.480 e. The Labute approximate surface area is 133 Å². The van der Waals surface area contributed by atoms with E-state index >= 15 is 0 Å². The van der Waals surface area contributed by atoms with Crippen LogP contribution in [0.3, 0.4) is 0 Å². The van der Waals surface area contributed by atoms with Crippen molar-refractivity contribution < 1.29 is 14.7 Å². The Morgan fingerprint density at radius 3 is 2.68 bits per heavy atom. The number of thiazole rings is 1. The number of amides is 1. The van der Waals surface area contributed by atoms with Gasteiger partial charge in [0, 0.05) is 25.4 Å². The second-order valence-corrected chi connectivity index (χ2v) is 7.18. The number of carbonyl (C=O) groups is 2. The number of aromatic nitrogens is 1. The molecule has 1 unspecified atom stereocenters. The Hall–Kier alpha value is -1.47. The maximum Gasteiger partial charge on any atom is 0.326 e. The molecule has 7 heteroatoms. The van der Waals surface area contributed by atoms with Gasteiger partial charge in [-0.25, -0.2) is 9.78 Å². The topological polar surface area (TPSA) is 73.7 Å². The molecule has 1 aromatic rings. The number of hydrogen-bond acceptors (Lipinski definition) is 5. The zero-order valence-electron chi connectivity index (χ0n) is 12.7. The summed E-state index contributed by atoms with van der Waals surface area (Å²) in [6.07, 6.45) is 2.49. The summed E-state index contributed by atoms with van der Waals surface area (Å²) in [7, 11) is 0. The number of carboxylic acids is 1. The van der Waals surface area contributed by atoms with E-state index in [0.29, 0.717) is 13.0 Å². The minimum atomic E-state index is -0.878. The molecule has 2 aliphatic heterocycles. The van der Waals surface area contributed by atoms with Crippen molar-refractivity contribution in [1.82, 2.24) is 14.8 Å². The summed E-state index contributed by atoms with van der Waals surface area (Å²) >= 11 is 1.61. The van der Waals surface area contributed by atoms with Gasteiger partial charge in [0.25, 0.3) is 0 Å². The Balaban J connectivity index is 1.62. The molecule has 2 saturated heterocycles. The maximum atomic E-state index is 11.7. The van der Waals surface area contributed by atoms with Crippen LogP contribution in [0.25, 0.3) is 0 Å². The first-order valence-electron chi connectivity index (χ1n) is 7.59. The molecule has 3 heterocycles. The number of hydrogen-bond donors (Lipinski definition) is 1. The molecule has 1 N–H and O–H groups in total.